The van der Waals surface area contributed by atoms with Crippen molar-refractivity contribution in [2.75, 3.05) is 36.5 Å². The maximum absolute atomic E-state index is 5.39. The van der Waals surface area contributed by atoms with Crippen LogP contribution in [0.1, 0.15) is 11.1 Å². The molecule has 0 spiro atoms. The van der Waals surface area contributed by atoms with Crippen LogP contribution in [0, 0.1) is 0 Å². The van der Waals surface area contributed by atoms with Gasteiger partial charge in [0.25, 0.3) is 0 Å². The van der Waals surface area contributed by atoms with Gasteiger partial charge in [0.1, 0.15) is 0 Å². The Morgan fingerprint density at radius 2 is 1.71 bits per heavy atom. The average molecular weight is 388 g/mol. The molecule has 5 nitrogen and oxygen atoms in total. The molecule has 140 valence electrons. The number of para-hydroxylation sites is 1. The molecule has 28 heavy (non-hydrogen) atoms. The Balaban J connectivity index is 1.37. The summed E-state index contributed by atoms with van der Waals surface area (Å²) in [7, 11) is 0. The van der Waals surface area contributed by atoms with E-state index in [4.69, 9.17) is 4.74 Å². The molecule has 1 N–H and O–H groups in total. The average Bonchev–Trinajstić information content (AvgIpc) is 2.77. The lowest BCUT2D eigenvalue weighted by atomic mass is 10.0. The van der Waals surface area contributed by atoms with Crippen LogP contribution in [0.2, 0.25) is 0 Å². The second kappa shape index (κ2) is 7.30. The molecule has 0 amide bonds. The van der Waals surface area contributed by atoms with E-state index in [0.29, 0.717) is 0 Å². The van der Waals surface area contributed by atoms with Gasteiger partial charge in [-0.15, -0.1) is 0 Å². The standard InChI is InChI=1S/C22H20N4OS/c1-15(17-13-23-22(24-14-17)26-8-10-27-11-9-26)16-6-7-21-19(12-16)25-18-4-2-3-5-20(18)28-21/h2-7,12-14,25H,1,8-11H2. The van der Waals surface area contributed by atoms with Gasteiger partial charge < -0.3 is 15.0 Å². The summed E-state index contributed by atoms with van der Waals surface area (Å²) >= 11 is 1.78. The van der Waals surface area contributed by atoms with Crippen LogP contribution in [0.15, 0.2) is 71.2 Å². The molecule has 0 saturated carbocycles. The van der Waals surface area contributed by atoms with Crippen molar-refractivity contribution in [2.24, 2.45) is 0 Å². The van der Waals surface area contributed by atoms with Gasteiger partial charge in [0.05, 0.1) is 24.6 Å². The number of anilines is 3. The zero-order valence-corrected chi connectivity index (χ0v) is 16.2. The van der Waals surface area contributed by atoms with Crippen LogP contribution in [0.3, 0.4) is 0 Å². The van der Waals surface area contributed by atoms with Crippen molar-refractivity contribution in [3.8, 4) is 0 Å². The second-order valence-electron chi connectivity index (χ2n) is 6.78. The van der Waals surface area contributed by atoms with Crippen LogP contribution >= 0.6 is 11.8 Å². The molecule has 0 atom stereocenters. The number of ether oxygens (including phenoxy) is 1. The van der Waals surface area contributed by atoms with Gasteiger partial charge >= 0.3 is 0 Å². The van der Waals surface area contributed by atoms with E-state index in [1.165, 1.54) is 9.79 Å². The van der Waals surface area contributed by atoms with E-state index in [-0.39, 0.29) is 0 Å². The number of nitrogens with one attached hydrogen (secondary N) is 1. The van der Waals surface area contributed by atoms with Crippen LogP contribution in [-0.2, 0) is 4.74 Å². The lowest BCUT2D eigenvalue weighted by Gasteiger charge is -2.26. The summed E-state index contributed by atoms with van der Waals surface area (Å²) in [4.78, 5) is 13.7. The highest BCUT2D eigenvalue weighted by molar-refractivity contribution is 7.99. The molecule has 0 aliphatic carbocycles. The first-order valence-electron chi connectivity index (χ1n) is 9.30. The van der Waals surface area contributed by atoms with Gasteiger partial charge in [-0.25, -0.2) is 9.97 Å². The fraction of sp³-hybridized carbons (Fsp3) is 0.182. The fourth-order valence-electron chi connectivity index (χ4n) is 3.40. The van der Waals surface area contributed by atoms with E-state index in [1.807, 2.05) is 18.5 Å². The van der Waals surface area contributed by atoms with Gasteiger partial charge in [-0.1, -0.05) is 36.5 Å². The number of aromatic nitrogens is 2. The van der Waals surface area contributed by atoms with Crippen LogP contribution < -0.4 is 10.2 Å². The molecule has 3 aromatic rings. The van der Waals surface area contributed by atoms with Crippen molar-refractivity contribution in [3.05, 3.63) is 72.6 Å². The molecule has 5 rings (SSSR count). The third-order valence-corrected chi connectivity index (χ3v) is 6.14. The summed E-state index contributed by atoms with van der Waals surface area (Å²) in [6, 6.07) is 14.8. The molecular weight excluding hydrogens is 368 g/mol. The van der Waals surface area contributed by atoms with Crippen LogP contribution in [0.5, 0.6) is 0 Å². The van der Waals surface area contributed by atoms with Gasteiger partial charge in [-0.2, -0.15) is 0 Å². The predicted octanol–water partition coefficient (Wildman–Crippen LogP) is 4.58. The molecule has 2 aromatic carbocycles. The predicted molar refractivity (Wildman–Crippen MR) is 113 cm³/mol. The number of hydrogen-bond acceptors (Lipinski definition) is 6. The zero-order chi connectivity index (χ0) is 18.9. The Hall–Kier alpha value is -2.83. The summed E-state index contributed by atoms with van der Waals surface area (Å²) in [6.07, 6.45) is 3.72. The lowest BCUT2D eigenvalue weighted by Crippen LogP contribution is -2.37. The van der Waals surface area contributed by atoms with Crippen molar-refractivity contribution < 1.29 is 4.74 Å². The molecule has 2 aliphatic rings. The van der Waals surface area contributed by atoms with Crippen molar-refractivity contribution >= 4 is 34.7 Å². The highest BCUT2D eigenvalue weighted by atomic mass is 32.2. The van der Waals surface area contributed by atoms with Crippen LogP contribution in [0.4, 0.5) is 17.3 Å². The highest BCUT2D eigenvalue weighted by Gasteiger charge is 2.17. The van der Waals surface area contributed by atoms with E-state index in [2.05, 4.69) is 63.2 Å². The number of fused-ring (bicyclic) bond motifs is 2. The van der Waals surface area contributed by atoms with Crippen molar-refractivity contribution in [1.82, 2.24) is 9.97 Å². The summed E-state index contributed by atoms with van der Waals surface area (Å²) in [6.45, 7) is 7.39. The number of morpholine rings is 1. The summed E-state index contributed by atoms with van der Waals surface area (Å²) in [5, 5.41) is 3.53. The van der Waals surface area contributed by atoms with E-state index in [1.54, 1.807) is 11.8 Å². The van der Waals surface area contributed by atoms with Crippen molar-refractivity contribution in [3.63, 3.8) is 0 Å². The van der Waals surface area contributed by atoms with Gasteiger partial charge in [-0.05, 0) is 35.4 Å². The molecule has 1 fully saturated rings. The maximum atomic E-state index is 5.39. The van der Waals surface area contributed by atoms with E-state index in [9.17, 15) is 0 Å². The summed E-state index contributed by atoms with van der Waals surface area (Å²) < 4.78 is 5.39. The minimum Gasteiger partial charge on any atom is -0.378 e. The largest absolute Gasteiger partial charge is 0.378 e. The molecular formula is C22H20N4OS. The van der Waals surface area contributed by atoms with Gasteiger partial charge in [0.2, 0.25) is 5.95 Å². The van der Waals surface area contributed by atoms with Crippen LogP contribution in [0.25, 0.3) is 5.57 Å². The van der Waals surface area contributed by atoms with Gasteiger partial charge in [0, 0.05) is 40.8 Å². The molecule has 0 radical (unpaired) electrons. The first-order chi connectivity index (χ1) is 13.8. The quantitative estimate of drug-likeness (QED) is 0.554. The molecule has 0 bridgehead atoms. The number of rotatable bonds is 3. The van der Waals surface area contributed by atoms with Crippen molar-refractivity contribution in [2.45, 2.75) is 9.79 Å². The number of hydrogen-bond donors (Lipinski definition) is 1. The Morgan fingerprint density at radius 1 is 0.964 bits per heavy atom. The third-order valence-electron chi connectivity index (χ3n) is 4.98. The first-order valence-corrected chi connectivity index (χ1v) is 10.1. The Morgan fingerprint density at radius 3 is 2.54 bits per heavy atom. The summed E-state index contributed by atoms with van der Waals surface area (Å²) in [5.74, 6) is 0.750. The van der Waals surface area contributed by atoms with E-state index >= 15 is 0 Å². The van der Waals surface area contributed by atoms with E-state index in [0.717, 1.165) is 60.3 Å². The minimum atomic E-state index is 0.723. The Bertz CT molecular complexity index is 1030. The van der Waals surface area contributed by atoms with E-state index < -0.39 is 0 Å². The maximum Gasteiger partial charge on any atom is 0.225 e. The molecule has 1 aromatic heterocycles. The Kier molecular flexibility index (Phi) is 4.50. The fourth-order valence-corrected chi connectivity index (χ4v) is 4.37. The monoisotopic (exact) mass is 388 g/mol. The third kappa shape index (κ3) is 3.25. The smallest absolute Gasteiger partial charge is 0.225 e. The molecule has 2 aliphatic heterocycles. The van der Waals surface area contributed by atoms with Gasteiger partial charge in [-0.3, -0.25) is 0 Å². The van der Waals surface area contributed by atoms with Gasteiger partial charge in [0.15, 0.2) is 0 Å². The Labute approximate surface area is 168 Å². The van der Waals surface area contributed by atoms with Crippen LogP contribution in [-0.4, -0.2) is 36.3 Å². The lowest BCUT2D eigenvalue weighted by molar-refractivity contribution is 0.122. The molecule has 1 saturated heterocycles. The molecule has 0 unspecified atom stereocenters. The summed E-state index contributed by atoms with van der Waals surface area (Å²) in [5.41, 5.74) is 5.16. The first kappa shape index (κ1) is 17.3. The van der Waals surface area contributed by atoms with Crippen molar-refractivity contribution in [1.29, 1.82) is 0 Å². The minimum absolute atomic E-state index is 0.723. The number of nitrogens with zero attached hydrogens (tertiary/aromatic N) is 3. The molecule has 6 heteroatoms. The second-order valence-corrected chi connectivity index (χ2v) is 7.87. The topological polar surface area (TPSA) is 50.3 Å². The normalized spacial score (nSPS) is 15.4. The SMILES string of the molecule is C=C(c1cnc(N2CCOCC2)nc1)c1ccc2c(c1)Nc1ccccc1S2. The highest BCUT2D eigenvalue weighted by Crippen LogP contribution is 2.44. The zero-order valence-electron chi connectivity index (χ0n) is 15.4. The molecule has 3 heterocycles. The number of benzene rings is 2.